The molecule has 2 rings (SSSR count). The number of non-ortho nitro benzene ring substituents is 1. The third-order valence-electron chi connectivity index (χ3n) is 2.74. The van der Waals surface area contributed by atoms with Crippen molar-refractivity contribution in [3.63, 3.8) is 0 Å². The summed E-state index contributed by atoms with van der Waals surface area (Å²) in [7, 11) is -3.96. The first kappa shape index (κ1) is 13.4. The lowest BCUT2D eigenvalue weighted by molar-refractivity contribution is -0.396. The fourth-order valence-corrected chi connectivity index (χ4v) is 3.43. The summed E-state index contributed by atoms with van der Waals surface area (Å²) in [5.41, 5.74) is -1.31. The Morgan fingerprint density at radius 3 is 2.26 bits per heavy atom. The van der Waals surface area contributed by atoms with Gasteiger partial charge >= 0.3 is 0 Å². The van der Waals surface area contributed by atoms with Crippen LogP contribution in [-0.4, -0.2) is 35.2 Å². The minimum atomic E-state index is -3.96. The number of hydrogen-bond donors (Lipinski definition) is 0. The first-order valence-electron chi connectivity index (χ1n) is 5.20. The van der Waals surface area contributed by atoms with Crippen molar-refractivity contribution < 1.29 is 18.3 Å². The number of hydrogen-bond acceptors (Lipinski definition) is 6. The molecule has 0 amide bonds. The van der Waals surface area contributed by atoms with Crippen LogP contribution in [0.15, 0.2) is 23.1 Å². The highest BCUT2D eigenvalue weighted by Gasteiger charge is 2.44. The van der Waals surface area contributed by atoms with Crippen molar-refractivity contribution in [2.45, 2.75) is 17.9 Å². The monoisotopic (exact) mass is 287 g/mol. The summed E-state index contributed by atoms with van der Waals surface area (Å²) in [6, 6.07) is 2.28. The van der Waals surface area contributed by atoms with Gasteiger partial charge < -0.3 is 0 Å². The maximum atomic E-state index is 12.1. The Labute approximate surface area is 107 Å². The van der Waals surface area contributed by atoms with Crippen LogP contribution >= 0.6 is 0 Å². The molecule has 0 radical (unpaired) electrons. The molecule has 0 saturated carbocycles. The Morgan fingerprint density at radius 1 is 1.26 bits per heavy atom. The van der Waals surface area contributed by atoms with Crippen molar-refractivity contribution in [2.24, 2.45) is 0 Å². The largest absolute Gasteiger partial charge is 0.296 e. The van der Waals surface area contributed by atoms with Gasteiger partial charge in [0, 0.05) is 18.7 Å². The number of benzene rings is 1. The van der Waals surface area contributed by atoms with E-state index >= 15 is 0 Å². The van der Waals surface area contributed by atoms with Crippen LogP contribution in [0.25, 0.3) is 0 Å². The maximum Gasteiger partial charge on any atom is 0.296 e. The van der Waals surface area contributed by atoms with Crippen molar-refractivity contribution in [1.82, 2.24) is 4.31 Å². The molecule has 2 atom stereocenters. The summed E-state index contributed by atoms with van der Waals surface area (Å²) < 4.78 is 25.2. The normalized spacial score (nSPS) is 21.9. The molecular formula is C9H9N3O6S. The first-order chi connectivity index (χ1) is 8.75. The molecule has 9 nitrogen and oxygen atoms in total. The van der Waals surface area contributed by atoms with E-state index in [2.05, 4.69) is 0 Å². The van der Waals surface area contributed by atoms with E-state index in [1.54, 1.807) is 6.92 Å². The smallest absolute Gasteiger partial charge is 0.258 e. The molecule has 1 aliphatic heterocycles. The number of nitro benzene ring substituents is 2. The van der Waals surface area contributed by atoms with Gasteiger partial charge in [-0.2, -0.15) is 4.31 Å². The molecule has 102 valence electrons. The van der Waals surface area contributed by atoms with Crippen molar-refractivity contribution in [1.29, 1.82) is 0 Å². The fraction of sp³-hybridized carbons (Fsp3) is 0.333. The van der Waals surface area contributed by atoms with E-state index in [9.17, 15) is 28.6 Å². The van der Waals surface area contributed by atoms with E-state index in [0.29, 0.717) is 6.07 Å². The Hall–Kier alpha value is -2.07. The van der Waals surface area contributed by atoms with Gasteiger partial charge in [0.2, 0.25) is 10.0 Å². The van der Waals surface area contributed by atoms with Gasteiger partial charge in [-0.1, -0.05) is 0 Å². The standard InChI is InChI=1S/C9H9N3O6S/c1-6-5-10(6)19(17,18)9-3-2-7(11(13)14)4-8(9)12(15)16/h2-4,6H,5H2,1H3/t6-,10?/m0/s1. The molecule has 0 N–H and O–H groups in total. The van der Waals surface area contributed by atoms with E-state index in [1.807, 2.05) is 0 Å². The lowest BCUT2D eigenvalue weighted by Crippen LogP contribution is -2.15. The second-order valence-corrected chi connectivity index (χ2v) is 5.95. The summed E-state index contributed by atoms with van der Waals surface area (Å²) in [6.07, 6.45) is 0. The SMILES string of the molecule is C[C@H]1CN1S(=O)(=O)c1ccc([N+](=O)[O-])cc1[N+](=O)[O-]. The van der Waals surface area contributed by atoms with Gasteiger partial charge in [-0.15, -0.1) is 0 Å². The summed E-state index contributed by atoms with van der Waals surface area (Å²) in [4.78, 5) is 19.2. The Bertz CT molecular complexity index is 671. The Morgan fingerprint density at radius 2 is 1.84 bits per heavy atom. The lowest BCUT2D eigenvalue weighted by atomic mass is 10.3. The molecule has 0 spiro atoms. The van der Waals surface area contributed by atoms with Gasteiger partial charge in [-0.3, -0.25) is 20.2 Å². The molecule has 1 heterocycles. The molecular weight excluding hydrogens is 278 g/mol. The number of rotatable bonds is 4. The van der Waals surface area contributed by atoms with Gasteiger partial charge in [0.25, 0.3) is 11.4 Å². The molecule has 1 aromatic carbocycles. The maximum absolute atomic E-state index is 12.1. The minimum Gasteiger partial charge on any atom is -0.258 e. The van der Waals surface area contributed by atoms with Crippen LogP contribution in [0, 0.1) is 20.2 Å². The molecule has 1 unspecified atom stereocenters. The second kappa shape index (κ2) is 4.24. The average molecular weight is 287 g/mol. The third kappa shape index (κ3) is 2.27. The Balaban J connectivity index is 2.58. The quantitative estimate of drug-likeness (QED) is 0.460. The second-order valence-electron chi connectivity index (χ2n) is 4.09. The first-order valence-corrected chi connectivity index (χ1v) is 6.64. The van der Waals surface area contributed by atoms with Crippen molar-refractivity contribution >= 4 is 21.4 Å². The summed E-state index contributed by atoms with van der Waals surface area (Å²) in [6.45, 7) is 1.95. The zero-order valence-electron chi connectivity index (χ0n) is 9.72. The summed E-state index contributed by atoms with van der Waals surface area (Å²) in [5.74, 6) is 0. The topological polar surface area (TPSA) is 123 Å². The van der Waals surface area contributed by atoms with Crippen LogP contribution in [0.5, 0.6) is 0 Å². The van der Waals surface area contributed by atoms with E-state index in [1.165, 1.54) is 0 Å². The molecule has 0 aromatic heterocycles. The number of nitro groups is 2. The zero-order valence-corrected chi connectivity index (χ0v) is 10.5. The highest BCUT2D eigenvalue weighted by atomic mass is 32.2. The van der Waals surface area contributed by atoms with Gasteiger partial charge in [0.15, 0.2) is 4.90 Å². The predicted molar refractivity (Wildman–Crippen MR) is 63.1 cm³/mol. The van der Waals surface area contributed by atoms with Crippen LogP contribution in [0.4, 0.5) is 11.4 Å². The molecule has 1 aliphatic rings. The molecule has 10 heteroatoms. The molecule has 19 heavy (non-hydrogen) atoms. The van der Waals surface area contributed by atoms with Gasteiger partial charge in [0.05, 0.1) is 15.9 Å². The highest BCUT2D eigenvalue weighted by Crippen LogP contribution is 2.34. The van der Waals surface area contributed by atoms with Gasteiger partial charge in [0.1, 0.15) is 0 Å². The van der Waals surface area contributed by atoms with Crippen LogP contribution in [0.1, 0.15) is 6.92 Å². The zero-order chi connectivity index (χ0) is 14.4. The van der Waals surface area contributed by atoms with E-state index in [-0.39, 0.29) is 12.6 Å². The Kier molecular flexibility index (Phi) is 2.98. The van der Waals surface area contributed by atoms with Gasteiger partial charge in [-0.25, -0.2) is 8.42 Å². The summed E-state index contributed by atoms with van der Waals surface area (Å²) >= 11 is 0. The van der Waals surface area contributed by atoms with Gasteiger partial charge in [-0.05, 0) is 13.0 Å². The molecule has 1 fully saturated rings. The number of sulfonamides is 1. The highest BCUT2D eigenvalue weighted by molar-refractivity contribution is 7.89. The van der Waals surface area contributed by atoms with E-state index < -0.39 is 36.1 Å². The molecule has 0 aliphatic carbocycles. The van der Waals surface area contributed by atoms with Crippen LogP contribution in [0.3, 0.4) is 0 Å². The number of nitrogens with zero attached hydrogens (tertiary/aromatic N) is 3. The summed E-state index contributed by atoms with van der Waals surface area (Å²) in [5, 5.41) is 21.4. The van der Waals surface area contributed by atoms with Crippen LogP contribution in [0.2, 0.25) is 0 Å². The molecule has 1 saturated heterocycles. The van der Waals surface area contributed by atoms with Crippen LogP contribution in [-0.2, 0) is 10.0 Å². The van der Waals surface area contributed by atoms with Crippen molar-refractivity contribution in [2.75, 3.05) is 6.54 Å². The van der Waals surface area contributed by atoms with Crippen molar-refractivity contribution in [3.8, 4) is 0 Å². The molecule has 0 bridgehead atoms. The predicted octanol–water partition coefficient (Wildman–Crippen LogP) is 0.896. The molecule has 1 aromatic rings. The van der Waals surface area contributed by atoms with Crippen molar-refractivity contribution in [3.05, 3.63) is 38.4 Å². The lowest BCUT2D eigenvalue weighted by Gasteiger charge is -2.05. The third-order valence-corrected chi connectivity index (χ3v) is 4.77. The average Bonchev–Trinajstić information content (AvgIpc) is 3.06. The fourth-order valence-electron chi connectivity index (χ4n) is 1.65. The van der Waals surface area contributed by atoms with Crippen LogP contribution < -0.4 is 0 Å². The van der Waals surface area contributed by atoms with E-state index in [0.717, 1.165) is 16.4 Å². The minimum absolute atomic E-state index is 0.209. The van der Waals surface area contributed by atoms with E-state index in [4.69, 9.17) is 0 Å².